The van der Waals surface area contributed by atoms with Gasteiger partial charge >= 0.3 is 88.7 Å². The van der Waals surface area contributed by atoms with Gasteiger partial charge in [-0.25, -0.2) is 0 Å². The van der Waals surface area contributed by atoms with Crippen LogP contribution in [0.2, 0.25) is 0 Å². The van der Waals surface area contributed by atoms with Crippen LogP contribution in [0.25, 0.3) is 6.08 Å². The first-order valence-corrected chi connectivity index (χ1v) is 5.61. The molecule has 0 radical (unpaired) electrons. The van der Waals surface area contributed by atoms with Gasteiger partial charge in [0.2, 0.25) is 0 Å². The van der Waals surface area contributed by atoms with Crippen molar-refractivity contribution in [3.63, 3.8) is 0 Å². The molecule has 0 aliphatic heterocycles. The van der Waals surface area contributed by atoms with Crippen molar-refractivity contribution in [1.29, 1.82) is 0 Å². The minimum absolute atomic E-state index is 0. The van der Waals surface area contributed by atoms with Gasteiger partial charge < -0.3 is 0 Å². The van der Waals surface area contributed by atoms with Crippen molar-refractivity contribution in [2.75, 3.05) is 0 Å². The maximum atomic E-state index is 2.34. The fourth-order valence-electron chi connectivity index (χ4n) is 1.71. The number of aryl methyl sites for hydroxylation is 1. The van der Waals surface area contributed by atoms with Gasteiger partial charge in [0.1, 0.15) is 0 Å². The molecule has 1 aromatic rings. The number of fused-ring (bicyclic) bond motifs is 1. The summed E-state index contributed by atoms with van der Waals surface area (Å²) < 4.78 is 0.715. The van der Waals surface area contributed by atoms with Crippen LogP contribution in [0.15, 0.2) is 23.8 Å². The third-order valence-corrected chi connectivity index (χ3v) is 4.38. The molecule has 0 nitrogen and oxygen atoms in total. The normalized spacial score (nSPS) is 17.5. The molecule has 75 valence electrons. The summed E-state index contributed by atoms with van der Waals surface area (Å²) in [5.41, 5.74) is 5.94. The topological polar surface area (TPSA) is 0 Å². The maximum Gasteiger partial charge on any atom is -0.147 e. The van der Waals surface area contributed by atoms with Crippen LogP contribution in [0, 0.1) is 6.92 Å². The Kier molecular flexibility index (Phi) is 5.66. The van der Waals surface area contributed by atoms with Crippen LogP contribution in [-0.4, -0.2) is 0 Å². The van der Waals surface area contributed by atoms with Crippen LogP contribution in [0.3, 0.4) is 0 Å². The molecule has 1 atom stereocenters. The van der Waals surface area contributed by atoms with Crippen LogP contribution in [0.4, 0.5) is 0 Å². The Bertz CT molecular complexity index is 358. The van der Waals surface area contributed by atoms with Gasteiger partial charge in [-0.2, -0.15) is 0 Å². The number of allylic oxidation sites excluding steroid dienone is 1. The zero-order valence-electron chi connectivity index (χ0n) is 8.20. The van der Waals surface area contributed by atoms with E-state index in [1.807, 2.05) is 0 Å². The quantitative estimate of drug-likeness (QED) is 0.683. The van der Waals surface area contributed by atoms with E-state index in [0.717, 1.165) is 0 Å². The van der Waals surface area contributed by atoms with E-state index in [1.54, 1.807) is 24.7 Å². The van der Waals surface area contributed by atoms with Crippen LogP contribution in [0.5, 0.6) is 0 Å². The smallest absolute Gasteiger partial charge is 0.147 e. The van der Waals surface area contributed by atoms with Gasteiger partial charge in [-0.05, 0) is 0 Å². The van der Waals surface area contributed by atoms with E-state index in [0.29, 0.717) is 3.63 Å². The summed E-state index contributed by atoms with van der Waals surface area (Å²) in [7, 11) is 0. The molecule has 3 heteroatoms. The van der Waals surface area contributed by atoms with E-state index in [-0.39, 0.29) is 24.8 Å². The minimum Gasteiger partial charge on any atom is -0.147 e. The summed E-state index contributed by atoms with van der Waals surface area (Å²) in [4.78, 5) is 0. The average molecular weight is 307 g/mol. The first-order valence-electron chi connectivity index (χ1n) is 4.19. The van der Waals surface area contributed by atoms with E-state index >= 15 is 0 Å². The molecule has 14 heavy (non-hydrogen) atoms. The molecule has 0 aromatic heterocycles. The molecule has 0 heterocycles. The second-order valence-corrected chi connectivity index (χ2v) is 4.82. The van der Waals surface area contributed by atoms with Crippen molar-refractivity contribution in [2.24, 2.45) is 0 Å². The molecule has 1 aromatic carbocycles. The molecule has 0 N–H and O–H groups in total. The Morgan fingerprint density at radius 3 is 2.36 bits per heavy atom. The summed E-state index contributed by atoms with van der Waals surface area (Å²) >= 11 is 1.61. The maximum absolute atomic E-state index is 2.34. The molecule has 0 saturated heterocycles. The third-order valence-electron chi connectivity index (χ3n) is 2.50. The Labute approximate surface area is 113 Å². The monoisotopic (exact) mass is 305 g/mol. The van der Waals surface area contributed by atoms with Crippen LogP contribution in [0.1, 0.15) is 27.2 Å². The van der Waals surface area contributed by atoms with Crippen molar-refractivity contribution < 1.29 is 24.7 Å². The number of rotatable bonds is 0. The second kappa shape index (κ2) is 5.49. The molecule has 0 bridgehead atoms. The van der Waals surface area contributed by atoms with Gasteiger partial charge in [0.05, 0.1) is 0 Å². The third kappa shape index (κ3) is 2.32. The number of hydrogen-bond donors (Lipinski definition) is 0. The zero-order chi connectivity index (χ0) is 8.72. The first-order chi connectivity index (χ1) is 5.70. The predicted octanol–water partition coefficient (Wildman–Crippen LogP) is 3.84. The van der Waals surface area contributed by atoms with E-state index in [2.05, 4.69) is 38.1 Å². The Morgan fingerprint density at radius 2 is 1.79 bits per heavy atom. The van der Waals surface area contributed by atoms with Gasteiger partial charge in [-0.15, -0.1) is 24.8 Å². The van der Waals surface area contributed by atoms with Crippen LogP contribution >= 0.6 is 24.8 Å². The van der Waals surface area contributed by atoms with Crippen molar-refractivity contribution in [2.45, 2.75) is 17.5 Å². The van der Waals surface area contributed by atoms with E-state index < -0.39 is 0 Å². The van der Waals surface area contributed by atoms with Gasteiger partial charge in [-0.3, -0.25) is 0 Å². The molecule has 0 spiro atoms. The molecule has 1 aliphatic rings. The van der Waals surface area contributed by atoms with Crippen molar-refractivity contribution in [3.8, 4) is 0 Å². The minimum atomic E-state index is 0. The van der Waals surface area contributed by atoms with Crippen LogP contribution in [-0.2, 0) is 24.7 Å². The molecule has 0 amide bonds. The Hall–Kier alpha value is 0.423. The fraction of sp³-hybridized carbons (Fsp3) is 0.273. The standard InChI is InChI=1S/C11H11.2ClH.Zr/c1-8-6-10-5-3-4-9(2)11(10)7-8;;;/h3-7H,1-2H3;2*1H;. The Balaban J connectivity index is 0.000000845. The van der Waals surface area contributed by atoms with Crippen molar-refractivity contribution in [1.82, 2.24) is 0 Å². The van der Waals surface area contributed by atoms with Gasteiger partial charge in [0, 0.05) is 0 Å². The zero-order valence-corrected chi connectivity index (χ0v) is 12.3. The van der Waals surface area contributed by atoms with Crippen molar-refractivity contribution >= 4 is 30.9 Å². The SMILES string of the molecule is CC1=Cc2c(C)cccc2[CH]1[Zr].Cl.Cl. The summed E-state index contributed by atoms with van der Waals surface area (Å²) in [6, 6.07) is 6.61. The van der Waals surface area contributed by atoms with Gasteiger partial charge in [-0.1, -0.05) is 0 Å². The molecule has 2 rings (SSSR count). The van der Waals surface area contributed by atoms with E-state index in [4.69, 9.17) is 0 Å². The number of halogens is 2. The molecular formula is C11H13Cl2Zr. The molecular weight excluding hydrogens is 294 g/mol. The summed E-state index contributed by atoms with van der Waals surface area (Å²) in [5, 5.41) is 0. The molecule has 0 saturated carbocycles. The van der Waals surface area contributed by atoms with Gasteiger partial charge in [0.15, 0.2) is 0 Å². The largest absolute Gasteiger partial charge is 0.147 e. The van der Waals surface area contributed by atoms with E-state index in [9.17, 15) is 0 Å². The first kappa shape index (κ1) is 14.4. The fourth-order valence-corrected chi connectivity index (χ4v) is 2.53. The van der Waals surface area contributed by atoms with Gasteiger partial charge in [0.25, 0.3) is 0 Å². The van der Waals surface area contributed by atoms with Crippen LogP contribution < -0.4 is 0 Å². The molecule has 1 aliphatic carbocycles. The molecule has 0 fully saturated rings. The Morgan fingerprint density at radius 1 is 1.14 bits per heavy atom. The summed E-state index contributed by atoms with van der Waals surface area (Å²) in [5.74, 6) is 0. The second-order valence-electron chi connectivity index (χ2n) is 3.40. The summed E-state index contributed by atoms with van der Waals surface area (Å²) in [6.45, 7) is 4.43. The summed E-state index contributed by atoms with van der Waals surface area (Å²) in [6.07, 6.45) is 2.34. The average Bonchev–Trinajstić information content (AvgIpc) is 2.32. The molecule has 1 unspecified atom stereocenters. The predicted molar refractivity (Wildman–Crippen MR) is 62.1 cm³/mol. The number of benzene rings is 1. The van der Waals surface area contributed by atoms with E-state index in [1.165, 1.54) is 22.3 Å². The number of hydrogen-bond acceptors (Lipinski definition) is 0. The van der Waals surface area contributed by atoms with Crippen molar-refractivity contribution in [3.05, 3.63) is 40.5 Å².